The van der Waals surface area contributed by atoms with E-state index in [1.165, 1.54) is 5.56 Å². The summed E-state index contributed by atoms with van der Waals surface area (Å²) < 4.78 is 40.8. The molecule has 0 spiro atoms. The molecule has 2 aromatic rings. The van der Waals surface area contributed by atoms with E-state index in [0.717, 1.165) is 31.2 Å². The number of benzene rings is 2. The Hall–Kier alpha value is -1.67. The van der Waals surface area contributed by atoms with Crippen LogP contribution in [0.5, 0.6) is 0 Å². The summed E-state index contributed by atoms with van der Waals surface area (Å²) in [6.45, 7) is 29.1. The van der Waals surface area contributed by atoms with Gasteiger partial charge in [-0.3, -0.25) is 0 Å². The van der Waals surface area contributed by atoms with E-state index in [1.807, 2.05) is 36.4 Å². The third kappa shape index (κ3) is 12.9. The molecule has 2 aromatic carbocycles. The van der Waals surface area contributed by atoms with Crippen LogP contribution in [-0.4, -0.2) is 71.1 Å². The van der Waals surface area contributed by atoms with Crippen molar-refractivity contribution in [1.29, 1.82) is 0 Å². The molecule has 0 bridgehead atoms. The minimum Gasteiger partial charge on any atom is -0.410 e. The molecule has 7 nitrogen and oxygen atoms in total. The van der Waals surface area contributed by atoms with E-state index in [1.54, 1.807) is 0 Å². The first kappa shape index (κ1) is 46.0. The van der Waals surface area contributed by atoms with Gasteiger partial charge in [0.05, 0.1) is 43.2 Å². The van der Waals surface area contributed by atoms with Crippen molar-refractivity contribution in [2.45, 2.75) is 180 Å². The summed E-state index contributed by atoms with van der Waals surface area (Å²) in [5.41, 5.74) is 3.00. The second kappa shape index (κ2) is 20.8. The summed E-state index contributed by atoms with van der Waals surface area (Å²) in [6.07, 6.45) is 6.95. The second-order valence-electron chi connectivity index (χ2n) is 18.6. The molecule has 0 unspecified atom stereocenters. The largest absolute Gasteiger partial charge is 0.410 e. The van der Waals surface area contributed by atoms with E-state index in [2.05, 4.69) is 118 Å². The maximum atomic E-state index is 11.4. The number of aliphatic hydroxyl groups excluding tert-OH is 1. The Morgan fingerprint density at radius 2 is 1.45 bits per heavy atom. The number of aliphatic hydroxyl groups is 1. The summed E-state index contributed by atoms with van der Waals surface area (Å²) in [7, 11) is -4.25. The molecule has 9 atom stereocenters. The summed E-state index contributed by atoms with van der Waals surface area (Å²) >= 11 is 0. The molecule has 310 valence electrons. The van der Waals surface area contributed by atoms with Gasteiger partial charge in [-0.05, 0) is 86.3 Å². The lowest BCUT2D eigenvalue weighted by molar-refractivity contribution is -0.273. The van der Waals surface area contributed by atoms with Crippen LogP contribution in [0.3, 0.4) is 0 Å². The van der Waals surface area contributed by atoms with Crippen LogP contribution in [0.15, 0.2) is 72.8 Å². The number of hydrogen-bond acceptors (Lipinski definition) is 7. The van der Waals surface area contributed by atoms with Gasteiger partial charge < -0.3 is 32.9 Å². The molecule has 1 N–H and O–H groups in total. The van der Waals surface area contributed by atoms with Gasteiger partial charge in [0.2, 0.25) is 8.32 Å². The van der Waals surface area contributed by atoms with Crippen molar-refractivity contribution in [3.63, 3.8) is 0 Å². The van der Waals surface area contributed by atoms with Crippen molar-refractivity contribution in [2.24, 2.45) is 11.8 Å². The molecular weight excluding hydrogens is 721 g/mol. The first-order chi connectivity index (χ1) is 25.9. The van der Waals surface area contributed by atoms with Crippen molar-refractivity contribution in [3.8, 4) is 0 Å². The lowest BCUT2D eigenvalue weighted by Crippen LogP contribution is -2.54. The predicted octanol–water partition coefficient (Wildman–Crippen LogP) is 11.4. The Kier molecular flexibility index (Phi) is 17.4. The summed E-state index contributed by atoms with van der Waals surface area (Å²) in [5, 5.41) is 11.4. The summed E-state index contributed by atoms with van der Waals surface area (Å²) in [4.78, 5) is 0. The lowest BCUT2D eigenvalue weighted by atomic mass is 9.88. The van der Waals surface area contributed by atoms with E-state index >= 15 is 0 Å². The van der Waals surface area contributed by atoms with Crippen LogP contribution in [0, 0.1) is 11.8 Å². The third-order valence-corrected chi connectivity index (χ3v) is 19.2. The van der Waals surface area contributed by atoms with Gasteiger partial charge in [-0.2, -0.15) is 0 Å². The Balaban J connectivity index is 1.53. The van der Waals surface area contributed by atoms with E-state index in [0.29, 0.717) is 42.9 Å². The van der Waals surface area contributed by atoms with Crippen LogP contribution >= 0.6 is 0 Å². The topological polar surface area (TPSA) is 75.6 Å². The van der Waals surface area contributed by atoms with Crippen molar-refractivity contribution < 1.29 is 32.9 Å². The maximum Gasteiger partial charge on any atom is 0.201 e. The fourth-order valence-corrected chi connectivity index (χ4v) is 16.4. The number of fused-ring (bicyclic) bond motifs is 1. The van der Waals surface area contributed by atoms with Gasteiger partial charge in [0.25, 0.3) is 0 Å². The Labute approximate surface area is 337 Å². The maximum absolute atomic E-state index is 11.4. The van der Waals surface area contributed by atoms with Crippen LogP contribution in [-0.2, 0) is 34.4 Å². The fourth-order valence-electron chi connectivity index (χ4n) is 9.20. The van der Waals surface area contributed by atoms with E-state index in [4.69, 9.17) is 27.8 Å². The third-order valence-electron chi connectivity index (χ3n) is 12.0. The second-order valence-corrected chi connectivity index (χ2v) is 28.5. The zero-order valence-corrected chi connectivity index (χ0v) is 38.3. The fraction of sp³-hybridized carbons (Fsp3) is 0.696. The quantitative estimate of drug-likeness (QED) is 0.0812. The van der Waals surface area contributed by atoms with E-state index in [9.17, 15) is 5.11 Å². The first-order valence-electron chi connectivity index (χ1n) is 21.3. The van der Waals surface area contributed by atoms with Gasteiger partial charge in [0.1, 0.15) is 6.10 Å². The highest BCUT2D eigenvalue weighted by atomic mass is 28.4. The van der Waals surface area contributed by atoms with E-state index in [-0.39, 0.29) is 36.3 Å². The van der Waals surface area contributed by atoms with Gasteiger partial charge in [0, 0.05) is 18.6 Å². The van der Waals surface area contributed by atoms with Crippen LogP contribution in [0.25, 0.3) is 0 Å². The van der Waals surface area contributed by atoms with Crippen LogP contribution in [0.2, 0.25) is 36.3 Å². The lowest BCUT2D eigenvalue weighted by Gasteiger charge is -2.46. The number of hydrogen-bond donors (Lipinski definition) is 1. The van der Waals surface area contributed by atoms with Crippen LogP contribution < -0.4 is 0 Å². The molecule has 2 saturated heterocycles. The zero-order valence-electron chi connectivity index (χ0n) is 36.3. The monoisotopic (exact) mass is 797 g/mol. The standard InChI is InChI=1S/C46H76O7Si2/c1-33(2)55(34(3)4,35(5)6)52-40(25-19-20-36(7)44(47)37(8)27-29-48-31-38-21-15-13-16-22-38)30-43-46(9,53-54(10,11)12)28-26-41-42(50-43)32-49-45(51-41)39-23-17-14-18-24-39/h13-19,21-25,33-37,40-45,47H,20,26-32H2,1-12H3/b25-19-/t36-,37+,40+,41-,42+,43-,44+,45+,46+/m0/s1. The number of rotatable bonds is 20. The highest BCUT2D eigenvalue weighted by Crippen LogP contribution is 2.45. The minimum atomic E-state index is -2.27. The molecule has 0 saturated carbocycles. The van der Waals surface area contributed by atoms with Gasteiger partial charge in [-0.1, -0.05) is 128 Å². The molecule has 2 heterocycles. The SMILES string of the molecule is CC(C)[Si](O[C@H](/C=C\C[C@H](C)[C@@H](O)[C@H](C)CCOCc1ccccc1)C[C@@H]1O[C@@H]2CO[C@@H](c3ccccc3)O[C@H]2CC[C@@]1(C)O[Si](C)(C)C)(C(C)C)C(C)C. The molecule has 2 fully saturated rings. The van der Waals surface area contributed by atoms with Crippen molar-refractivity contribution in [1.82, 2.24) is 0 Å². The van der Waals surface area contributed by atoms with Crippen molar-refractivity contribution in [2.75, 3.05) is 13.2 Å². The molecular formula is C46H76O7Si2. The molecule has 0 aliphatic carbocycles. The average Bonchev–Trinajstić information content (AvgIpc) is 3.26. The molecule has 2 aliphatic heterocycles. The Bertz CT molecular complexity index is 1390. The highest BCUT2D eigenvalue weighted by Gasteiger charge is 2.50. The molecule has 9 heteroatoms. The summed E-state index contributed by atoms with van der Waals surface area (Å²) in [5.74, 6) is 0.218. The summed E-state index contributed by atoms with van der Waals surface area (Å²) in [6, 6.07) is 20.5. The van der Waals surface area contributed by atoms with Crippen molar-refractivity contribution >= 4 is 16.6 Å². The van der Waals surface area contributed by atoms with Crippen molar-refractivity contribution in [3.05, 3.63) is 83.9 Å². The van der Waals surface area contributed by atoms with Gasteiger partial charge in [-0.25, -0.2) is 0 Å². The average molecular weight is 797 g/mol. The van der Waals surface area contributed by atoms with Gasteiger partial charge >= 0.3 is 0 Å². The van der Waals surface area contributed by atoms with Gasteiger partial charge in [0.15, 0.2) is 14.6 Å². The molecule has 2 aliphatic rings. The predicted molar refractivity (Wildman–Crippen MR) is 230 cm³/mol. The number of allylic oxidation sites excluding steroid dienone is 1. The van der Waals surface area contributed by atoms with Gasteiger partial charge in [-0.15, -0.1) is 0 Å². The molecule has 0 amide bonds. The van der Waals surface area contributed by atoms with Crippen LogP contribution in [0.4, 0.5) is 0 Å². The molecule has 0 aromatic heterocycles. The Morgan fingerprint density at radius 1 is 0.836 bits per heavy atom. The Morgan fingerprint density at radius 3 is 2.05 bits per heavy atom. The van der Waals surface area contributed by atoms with E-state index < -0.39 is 34.6 Å². The molecule has 55 heavy (non-hydrogen) atoms. The highest BCUT2D eigenvalue weighted by molar-refractivity contribution is 6.77. The minimum absolute atomic E-state index is 0.0906. The smallest absolute Gasteiger partial charge is 0.201 e. The zero-order chi connectivity index (χ0) is 40.4. The number of ether oxygens (including phenoxy) is 4. The first-order valence-corrected chi connectivity index (χ1v) is 26.8. The van der Waals surface area contributed by atoms with Crippen LogP contribution in [0.1, 0.15) is 112 Å². The molecule has 4 rings (SSSR count). The molecule has 0 radical (unpaired) electrons. The normalized spacial score (nSPS) is 26.3.